The molecule has 0 aliphatic heterocycles. The molecule has 0 saturated carbocycles. The summed E-state index contributed by atoms with van der Waals surface area (Å²) in [4.78, 5) is 17.3. The molecule has 4 nitrogen and oxygen atoms in total. The lowest BCUT2D eigenvalue weighted by molar-refractivity contribution is -0.153. The first-order valence-electron chi connectivity index (χ1n) is 10.3. The highest BCUT2D eigenvalue weighted by molar-refractivity contribution is 5.76. The molecule has 0 saturated heterocycles. The first-order valence-corrected chi connectivity index (χ1v) is 10.3. The Morgan fingerprint density at radius 2 is 1.65 bits per heavy atom. The molecular weight excluding hydrogens is 393 g/mol. The number of pyridine rings is 1. The summed E-state index contributed by atoms with van der Waals surface area (Å²) in [6.45, 7) is 5.70. The van der Waals surface area contributed by atoms with Gasteiger partial charge in [-0.2, -0.15) is 0 Å². The van der Waals surface area contributed by atoms with Crippen molar-refractivity contribution in [2.45, 2.75) is 26.9 Å². The molecule has 0 spiro atoms. The summed E-state index contributed by atoms with van der Waals surface area (Å²) in [6, 6.07) is 20.9. The molecule has 1 aromatic heterocycles. The average Bonchev–Trinajstić information content (AvgIpc) is 2.76. The average molecular weight is 419 g/mol. The molecule has 0 fully saturated rings. The maximum absolute atomic E-state index is 13.1. The number of benzene rings is 2. The van der Waals surface area contributed by atoms with Crippen molar-refractivity contribution in [1.82, 2.24) is 4.98 Å². The highest BCUT2D eigenvalue weighted by atomic mass is 19.1. The van der Waals surface area contributed by atoms with Crippen LogP contribution >= 0.6 is 0 Å². The Bertz CT molecular complexity index is 1020. The molecule has 2 aromatic carbocycles. The summed E-state index contributed by atoms with van der Waals surface area (Å²) in [5, 5.41) is 0. The molecule has 1 heterocycles. The van der Waals surface area contributed by atoms with E-state index in [4.69, 9.17) is 9.47 Å². The van der Waals surface area contributed by atoms with Gasteiger partial charge in [-0.3, -0.25) is 4.79 Å². The molecule has 2 atom stereocenters. The van der Waals surface area contributed by atoms with Crippen molar-refractivity contribution in [1.29, 1.82) is 0 Å². The zero-order valence-electron chi connectivity index (χ0n) is 17.9. The van der Waals surface area contributed by atoms with Crippen LogP contribution in [-0.4, -0.2) is 11.0 Å². The van der Waals surface area contributed by atoms with E-state index in [0.29, 0.717) is 17.3 Å². The SMILES string of the molecule is CC(OC(=O)C(/C=C/c1ccc(F)cc1)C(C)C)c1cccc(Oc2ccccc2)n1. The van der Waals surface area contributed by atoms with Gasteiger partial charge in [0.1, 0.15) is 17.7 Å². The van der Waals surface area contributed by atoms with Gasteiger partial charge in [-0.25, -0.2) is 9.37 Å². The normalized spacial score (nSPS) is 13.2. The fourth-order valence-corrected chi connectivity index (χ4v) is 3.00. The Kier molecular flexibility index (Phi) is 7.55. The van der Waals surface area contributed by atoms with E-state index in [-0.39, 0.29) is 17.7 Å². The lowest BCUT2D eigenvalue weighted by Gasteiger charge is -2.20. The first-order chi connectivity index (χ1) is 14.9. The van der Waals surface area contributed by atoms with Crippen molar-refractivity contribution in [2.24, 2.45) is 11.8 Å². The Balaban J connectivity index is 1.67. The van der Waals surface area contributed by atoms with Crippen LogP contribution < -0.4 is 4.74 Å². The van der Waals surface area contributed by atoms with Gasteiger partial charge in [0.25, 0.3) is 0 Å². The molecule has 0 bridgehead atoms. The van der Waals surface area contributed by atoms with Crippen molar-refractivity contribution in [3.63, 3.8) is 0 Å². The molecule has 160 valence electrons. The van der Waals surface area contributed by atoms with Gasteiger partial charge in [-0.05, 0) is 48.7 Å². The molecule has 3 aromatic rings. The number of rotatable bonds is 8. The second-order valence-electron chi connectivity index (χ2n) is 7.58. The Hall–Kier alpha value is -3.47. The summed E-state index contributed by atoms with van der Waals surface area (Å²) in [5.74, 6) is 0.0907. The molecule has 0 amide bonds. The third-order valence-electron chi connectivity index (χ3n) is 4.78. The first kappa shape index (κ1) is 22.2. The molecule has 3 rings (SSSR count). The van der Waals surface area contributed by atoms with Crippen LogP contribution in [0.2, 0.25) is 0 Å². The van der Waals surface area contributed by atoms with Crippen molar-refractivity contribution >= 4 is 12.0 Å². The number of hydrogen-bond donors (Lipinski definition) is 0. The van der Waals surface area contributed by atoms with Crippen LogP contribution in [0.25, 0.3) is 6.08 Å². The van der Waals surface area contributed by atoms with Crippen molar-refractivity contribution in [3.8, 4) is 11.6 Å². The molecule has 31 heavy (non-hydrogen) atoms. The fourth-order valence-electron chi connectivity index (χ4n) is 3.00. The predicted octanol–water partition coefficient (Wildman–Crippen LogP) is 6.60. The molecule has 2 unspecified atom stereocenters. The number of aromatic nitrogens is 1. The van der Waals surface area contributed by atoms with Gasteiger partial charge >= 0.3 is 5.97 Å². The largest absolute Gasteiger partial charge is 0.456 e. The minimum absolute atomic E-state index is 0.0390. The molecule has 0 radical (unpaired) electrons. The molecule has 5 heteroatoms. The summed E-state index contributed by atoms with van der Waals surface area (Å²) in [5.41, 5.74) is 1.42. The standard InChI is InChI=1S/C26H26FNO3/c1-18(2)23(17-14-20-12-15-21(27)16-13-20)26(29)30-19(3)24-10-7-11-25(28-24)31-22-8-5-4-6-9-22/h4-19,23H,1-3H3/b17-14+. The van der Waals surface area contributed by atoms with Crippen molar-refractivity contribution < 1.29 is 18.7 Å². The Morgan fingerprint density at radius 1 is 0.935 bits per heavy atom. The van der Waals surface area contributed by atoms with Gasteiger partial charge in [0.05, 0.1) is 11.6 Å². The van der Waals surface area contributed by atoms with E-state index in [2.05, 4.69) is 4.98 Å². The quantitative estimate of drug-likeness (QED) is 0.386. The second-order valence-corrected chi connectivity index (χ2v) is 7.58. The van der Waals surface area contributed by atoms with Crippen LogP contribution in [0.15, 0.2) is 78.9 Å². The van der Waals surface area contributed by atoms with Crippen LogP contribution in [0.1, 0.15) is 38.1 Å². The van der Waals surface area contributed by atoms with Crippen LogP contribution in [0, 0.1) is 17.7 Å². The van der Waals surface area contributed by atoms with E-state index >= 15 is 0 Å². The third kappa shape index (κ3) is 6.51. The monoisotopic (exact) mass is 419 g/mol. The van der Waals surface area contributed by atoms with E-state index in [1.54, 1.807) is 37.3 Å². The number of carbonyl (C=O) groups is 1. The van der Waals surface area contributed by atoms with E-state index in [1.165, 1.54) is 12.1 Å². The zero-order chi connectivity index (χ0) is 22.2. The number of ether oxygens (including phenoxy) is 2. The number of para-hydroxylation sites is 1. The summed E-state index contributed by atoms with van der Waals surface area (Å²) >= 11 is 0. The summed E-state index contributed by atoms with van der Waals surface area (Å²) in [7, 11) is 0. The van der Waals surface area contributed by atoms with Gasteiger partial charge in [0.2, 0.25) is 5.88 Å². The predicted molar refractivity (Wildman–Crippen MR) is 119 cm³/mol. The number of hydrogen-bond acceptors (Lipinski definition) is 4. The van der Waals surface area contributed by atoms with Gasteiger partial charge in [-0.15, -0.1) is 0 Å². The fraction of sp³-hybridized carbons (Fsp3) is 0.231. The van der Waals surface area contributed by atoms with Gasteiger partial charge < -0.3 is 9.47 Å². The lowest BCUT2D eigenvalue weighted by atomic mass is 9.94. The summed E-state index contributed by atoms with van der Waals surface area (Å²) < 4.78 is 24.6. The number of nitrogens with zero attached hydrogens (tertiary/aromatic N) is 1. The minimum Gasteiger partial charge on any atom is -0.456 e. The molecular formula is C26H26FNO3. The number of esters is 1. The minimum atomic E-state index is -0.535. The van der Waals surface area contributed by atoms with E-state index in [0.717, 1.165) is 5.56 Å². The lowest BCUT2D eigenvalue weighted by Crippen LogP contribution is -2.22. The van der Waals surface area contributed by atoms with Crippen LogP contribution in [0.5, 0.6) is 11.6 Å². The highest BCUT2D eigenvalue weighted by Gasteiger charge is 2.24. The van der Waals surface area contributed by atoms with E-state index < -0.39 is 12.0 Å². The van der Waals surface area contributed by atoms with Crippen LogP contribution in [-0.2, 0) is 9.53 Å². The maximum atomic E-state index is 13.1. The summed E-state index contributed by atoms with van der Waals surface area (Å²) in [6.07, 6.45) is 3.07. The van der Waals surface area contributed by atoms with E-state index in [1.807, 2.05) is 56.3 Å². The van der Waals surface area contributed by atoms with Crippen LogP contribution in [0.4, 0.5) is 4.39 Å². The van der Waals surface area contributed by atoms with Crippen LogP contribution in [0.3, 0.4) is 0 Å². The maximum Gasteiger partial charge on any atom is 0.313 e. The second kappa shape index (κ2) is 10.5. The number of halogens is 1. The van der Waals surface area contributed by atoms with Crippen molar-refractivity contribution in [3.05, 3.63) is 95.9 Å². The van der Waals surface area contributed by atoms with Crippen molar-refractivity contribution in [2.75, 3.05) is 0 Å². The number of carbonyl (C=O) groups excluding carboxylic acids is 1. The molecule has 0 aliphatic rings. The zero-order valence-corrected chi connectivity index (χ0v) is 17.9. The Labute approximate surface area is 182 Å². The third-order valence-corrected chi connectivity index (χ3v) is 4.78. The Morgan fingerprint density at radius 3 is 2.32 bits per heavy atom. The smallest absolute Gasteiger partial charge is 0.313 e. The topological polar surface area (TPSA) is 48.4 Å². The molecule has 0 N–H and O–H groups in total. The van der Waals surface area contributed by atoms with Gasteiger partial charge in [-0.1, -0.05) is 62.4 Å². The molecule has 0 aliphatic carbocycles. The van der Waals surface area contributed by atoms with E-state index in [9.17, 15) is 9.18 Å². The van der Waals surface area contributed by atoms with Gasteiger partial charge in [0.15, 0.2) is 0 Å². The van der Waals surface area contributed by atoms with Gasteiger partial charge in [0, 0.05) is 6.07 Å². The highest BCUT2D eigenvalue weighted by Crippen LogP contribution is 2.25.